The molecule has 1 amide bonds. The predicted octanol–water partition coefficient (Wildman–Crippen LogP) is 3.29. The fraction of sp³-hybridized carbons (Fsp3) is 0.176. The average Bonchev–Trinajstić information content (AvgIpc) is 2.53. The molecule has 2 aromatic rings. The van der Waals surface area contributed by atoms with Gasteiger partial charge in [-0.3, -0.25) is 4.79 Å². The molecular weight excluding hydrogens is 321 g/mol. The Hall–Kier alpha value is -2.40. The second kappa shape index (κ2) is 7.74. The number of benzene rings is 2. The maximum absolute atomic E-state index is 13.6. The minimum atomic E-state index is -0.963. The van der Waals surface area contributed by atoms with Gasteiger partial charge in [0.25, 0.3) is 5.91 Å². The molecule has 120 valence electrons. The molecule has 0 heterocycles. The Morgan fingerprint density at radius 1 is 1.13 bits per heavy atom. The molecule has 0 N–H and O–H groups in total. The van der Waals surface area contributed by atoms with Gasteiger partial charge in [-0.2, -0.15) is 0 Å². The summed E-state index contributed by atoms with van der Waals surface area (Å²) in [4.78, 5) is 25.3. The van der Waals surface area contributed by atoms with E-state index in [2.05, 4.69) is 0 Å². The summed E-state index contributed by atoms with van der Waals surface area (Å²) in [6.07, 6.45) is 0. The highest BCUT2D eigenvalue weighted by molar-refractivity contribution is 6.33. The van der Waals surface area contributed by atoms with Crippen LogP contribution < -0.4 is 0 Å². The Morgan fingerprint density at radius 3 is 2.48 bits per heavy atom. The molecule has 6 heteroatoms. The third-order valence-corrected chi connectivity index (χ3v) is 3.50. The molecule has 0 saturated heterocycles. The van der Waals surface area contributed by atoms with Gasteiger partial charge < -0.3 is 9.64 Å². The monoisotopic (exact) mass is 335 g/mol. The third-order valence-electron chi connectivity index (χ3n) is 3.18. The first-order chi connectivity index (χ1) is 11.0. The summed E-state index contributed by atoms with van der Waals surface area (Å²) in [5.41, 5.74) is 0.583. The van der Waals surface area contributed by atoms with Crippen LogP contribution in [0.1, 0.15) is 15.9 Å². The van der Waals surface area contributed by atoms with Crippen molar-refractivity contribution in [3.05, 3.63) is 70.5 Å². The van der Waals surface area contributed by atoms with Crippen molar-refractivity contribution in [2.75, 3.05) is 13.7 Å². The normalized spacial score (nSPS) is 10.2. The summed E-state index contributed by atoms with van der Waals surface area (Å²) >= 11 is 5.77. The molecule has 0 aromatic heterocycles. The Labute approximate surface area is 138 Å². The SMILES string of the molecule is CN(Cc1ccccc1)C(=O)COC(=O)c1c(F)cccc1Cl. The lowest BCUT2D eigenvalue weighted by Gasteiger charge is -2.17. The lowest BCUT2D eigenvalue weighted by molar-refractivity contribution is -0.133. The van der Waals surface area contributed by atoms with E-state index in [1.165, 1.54) is 17.0 Å². The van der Waals surface area contributed by atoms with Crippen LogP contribution in [0.15, 0.2) is 48.5 Å². The van der Waals surface area contributed by atoms with E-state index in [4.69, 9.17) is 16.3 Å². The van der Waals surface area contributed by atoms with Crippen molar-refractivity contribution in [1.82, 2.24) is 4.90 Å². The van der Waals surface area contributed by atoms with Crippen LogP contribution in [0.3, 0.4) is 0 Å². The highest BCUT2D eigenvalue weighted by atomic mass is 35.5. The molecule has 0 saturated carbocycles. The number of ether oxygens (including phenoxy) is 1. The van der Waals surface area contributed by atoms with Crippen molar-refractivity contribution in [1.29, 1.82) is 0 Å². The molecule has 0 radical (unpaired) electrons. The number of hydrogen-bond donors (Lipinski definition) is 0. The average molecular weight is 336 g/mol. The number of carbonyl (C=O) groups is 2. The predicted molar refractivity (Wildman–Crippen MR) is 84.6 cm³/mol. The third kappa shape index (κ3) is 4.53. The van der Waals surface area contributed by atoms with Gasteiger partial charge in [0.05, 0.1) is 5.02 Å². The summed E-state index contributed by atoms with van der Waals surface area (Å²) in [6.45, 7) is -0.0927. The Bertz CT molecular complexity index is 686. The van der Waals surface area contributed by atoms with Gasteiger partial charge in [0.2, 0.25) is 0 Å². The molecule has 0 unspecified atom stereocenters. The van der Waals surface area contributed by atoms with Crippen LogP contribution in [0.4, 0.5) is 4.39 Å². The van der Waals surface area contributed by atoms with Gasteiger partial charge >= 0.3 is 5.97 Å². The Kier molecular flexibility index (Phi) is 5.71. The number of nitrogens with zero attached hydrogens (tertiary/aromatic N) is 1. The number of rotatable bonds is 5. The first-order valence-electron chi connectivity index (χ1n) is 6.88. The lowest BCUT2D eigenvalue weighted by Crippen LogP contribution is -2.31. The zero-order chi connectivity index (χ0) is 16.8. The number of carbonyl (C=O) groups excluding carboxylic acids is 2. The zero-order valence-electron chi connectivity index (χ0n) is 12.5. The van der Waals surface area contributed by atoms with Crippen LogP contribution in [-0.4, -0.2) is 30.4 Å². The summed E-state index contributed by atoms with van der Waals surface area (Å²) in [5.74, 6) is -2.14. The van der Waals surface area contributed by atoms with Gasteiger partial charge in [-0.05, 0) is 17.7 Å². The maximum atomic E-state index is 13.6. The smallest absolute Gasteiger partial charge is 0.343 e. The van der Waals surface area contributed by atoms with Crippen LogP contribution in [-0.2, 0) is 16.1 Å². The molecule has 0 aliphatic heterocycles. The molecule has 0 aliphatic rings. The van der Waals surface area contributed by atoms with Gasteiger partial charge in [0, 0.05) is 13.6 Å². The fourth-order valence-corrected chi connectivity index (χ4v) is 2.19. The van der Waals surface area contributed by atoms with E-state index in [9.17, 15) is 14.0 Å². The van der Waals surface area contributed by atoms with Crippen molar-refractivity contribution in [3.63, 3.8) is 0 Å². The lowest BCUT2D eigenvalue weighted by atomic mass is 10.2. The molecule has 0 fully saturated rings. The molecule has 0 atom stereocenters. The Balaban J connectivity index is 1.92. The first-order valence-corrected chi connectivity index (χ1v) is 7.26. The van der Waals surface area contributed by atoms with Crippen molar-refractivity contribution in [2.24, 2.45) is 0 Å². The summed E-state index contributed by atoms with van der Waals surface area (Å²) in [5, 5.41) is -0.0555. The van der Waals surface area contributed by atoms with Crippen molar-refractivity contribution in [3.8, 4) is 0 Å². The van der Waals surface area contributed by atoms with E-state index in [-0.39, 0.29) is 10.6 Å². The molecule has 0 aliphatic carbocycles. The molecule has 2 rings (SSSR count). The topological polar surface area (TPSA) is 46.6 Å². The van der Waals surface area contributed by atoms with E-state index in [1.807, 2.05) is 30.3 Å². The van der Waals surface area contributed by atoms with Crippen molar-refractivity contribution < 1.29 is 18.7 Å². The number of amides is 1. The largest absolute Gasteiger partial charge is 0.452 e. The summed E-state index contributed by atoms with van der Waals surface area (Å²) in [6, 6.07) is 13.3. The quantitative estimate of drug-likeness (QED) is 0.788. The van der Waals surface area contributed by atoms with E-state index >= 15 is 0 Å². The van der Waals surface area contributed by atoms with Crippen LogP contribution in [0.2, 0.25) is 5.02 Å². The van der Waals surface area contributed by atoms with Crippen LogP contribution in [0.5, 0.6) is 0 Å². The van der Waals surface area contributed by atoms with Crippen molar-refractivity contribution in [2.45, 2.75) is 6.54 Å². The minimum Gasteiger partial charge on any atom is -0.452 e. The molecule has 23 heavy (non-hydrogen) atoms. The van der Waals surface area contributed by atoms with Gasteiger partial charge in [-0.15, -0.1) is 0 Å². The van der Waals surface area contributed by atoms with Crippen molar-refractivity contribution >= 4 is 23.5 Å². The van der Waals surface area contributed by atoms with E-state index in [1.54, 1.807) is 7.05 Å². The zero-order valence-corrected chi connectivity index (χ0v) is 13.2. The number of halogens is 2. The van der Waals surface area contributed by atoms with Crippen LogP contribution in [0, 0.1) is 5.82 Å². The second-order valence-corrected chi connectivity index (χ2v) is 5.32. The van der Waals surface area contributed by atoms with Crippen LogP contribution in [0.25, 0.3) is 0 Å². The molecular formula is C17H15ClFNO3. The van der Waals surface area contributed by atoms with Gasteiger partial charge in [0.1, 0.15) is 11.4 Å². The fourth-order valence-electron chi connectivity index (χ4n) is 1.95. The highest BCUT2D eigenvalue weighted by Crippen LogP contribution is 2.19. The van der Waals surface area contributed by atoms with E-state index in [0.29, 0.717) is 6.54 Å². The standard InChI is InChI=1S/C17H15ClFNO3/c1-20(10-12-6-3-2-4-7-12)15(21)11-23-17(22)16-13(18)8-5-9-14(16)19/h2-9H,10-11H2,1H3. The molecule has 4 nitrogen and oxygen atoms in total. The number of likely N-dealkylation sites (N-methyl/N-ethyl adjacent to an activating group) is 1. The highest BCUT2D eigenvalue weighted by Gasteiger charge is 2.19. The molecule has 2 aromatic carbocycles. The van der Waals surface area contributed by atoms with Gasteiger partial charge in [-0.25, -0.2) is 9.18 Å². The van der Waals surface area contributed by atoms with E-state index in [0.717, 1.165) is 11.6 Å². The first kappa shape index (κ1) is 17.0. The van der Waals surface area contributed by atoms with Gasteiger partial charge in [0.15, 0.2) is 6.61 Å². The molecule has 0 spiro atoms. The minimum absolute atomic E-state index is 0.0555. The Morgan fingerprint density at radius 2 is 1.83 bits per heavy atom. The van der Waals surface area contributed by atoms with Crippen LogP contribution >= 0.6 is 11.6 Å². The van der Waals surface area contributed by atoms with Gasteiger partial charge in [-0.1, -0.05) is 48.0 Å². The molecule has 0 bridgehead atoms. The second-order valence-electron chi connectivity index (χ2n) is 4.91. The maximum Gasteiger partial charge on any atom is 0.343 e. The summed E-state index contributed by atoms with van der Waals surface area (Å²) < 4.78 is 18.4. The number of esters is 1. The van der Waals surface area contributed by atoms with E-state index < -0.39 is 24.3 Å². The summed E-state index contributed by atoms with van der Waals surface area (Å²) in [7, 11) is 1.60. The number of hydrogen-bond acceptors (Lipinski definition) is 3.